The summed E-state index contributed by atoms with van der Waals surface area (Å²) in [6.45, 7) is 5.37. The summed E-state index contributed by atoms with van der Waals surface area (Å²) in [5, 5.41) is 0. The number of hydrogen-bond acceptors (Lipinski definition) is 1. The first-order valence-corrected chi connectivity index (χ1v) is 7.18. The van der Waals surface area contributed by atoms with Gasteiger partial charge in [-0.3, -0.25) is 0 Å². The fourth-order valence-corrected chi connectivity index (χ4v) is 1.68. The van der Waals surface area contributed by atoms with E-state index in [9.17, 15) is 0 Å². The SMILES string of the molecule is CCCCCCCCC=COCCCCC. The Labute approximate surface area is 102 Å². The van der Waals surface area contributed by atoms with Gasteiger partial charge in [0.25, 0.3) is 0 Å². The predicted octanol–water partition coefficient (Wildman–Crippen LogP) is 5.46. The molecule has 1 heteroatoms. The Morgan fingerprint density at radius 3 is 2.12 bits per heavy atom. The van der Waals surface area contributed by atoms with E-state index >= 15 is 0 Å². The molecule has 0 N–H and O–H groups in total. The van der Waals surface area contributed by atoms with Crippen molar-refractivity contribution in [3.05, 3.63) is 12.3 Å². The van der Waals surface area contributed by atoms with Crippen molar-refractivity contribution in [1.29, 1.82) is 0 Å². The summed E-state index contributed by atoms with van der Waals surface area (Å²) < 4.78 is 5.40. The van der Waals surface area contributed by atoms with Crippen LogP contribution in [0.15, 0.2) is 12.3 Å². The third-order valence-corrected chi connectivity index (χ3v) is 2.78. The Hall–Kier alpha value is -0.460. The molecule has 0 unspecified atom stereocenters. The third kappa shape index (κ3) is 13.5. The van der Waals surface area contributed by atoms with Crippen molar-refractivity contribution in [2.45, 2.75) is 78.1 Å². The maximum atomic E-state index is 5.40. The lowest BCUT2D eigenvalue weighted by atomic mass is 10.1. The first-order valence-electron chi connectivity index (χ1n) is 7.18. The molecule has 0 atom stereocenters. The molecule has 16 heavy (non-hydrogen) atoms. The van der Waals surface area contributed by atoms with Crippen LogP contribution in [-0.2, 0) is 4.74 Å². The molecule has 0 aliphatic carbocycles. The highest BCUT2D eigenvalue weighted by Crippen LogP contribution is 2.07. The molecule has 0 rings (SSSR count). The zero-order chi connectivity index (χ0) is 11.9. The van der Waals surface area contributed by atoms with E-state index < -0.39 is 0 Å². The standard InChI is InChI=1S/C15H30O/c1-3-5-7-8-9-10-11-13-15-16-14-12-6-4-2/h13,15H,3-12,14H2,1-2H3. The van der Waals surface area contributed by atoms with Crippen molar-refractivity contribution >= 4 is 0 Å². The summed E-state index contributed by atoms with van der Waals surface area (Å²) in [6, 6.07) is 0. The van der Waals surface area contributed by atoms with Gasteiger partial charge in [0, 0.05) is 0 Å². The summed E-state index contributed by atoms with van der Waals surface area (Å²) >= 11 is 0. The largest absolute Gasteiger partial charge is 0.502 e. The third-order valence-electron chi connectivity index (χ3n) is 2.78. The first-order chi connectivity index (χ1) is 7.91. The summed E-state index contributed by atoms with van der Waals surface area (Å²) in [6.07, 6.45) is 17.2. The van der Waals surface area contributed by atoms with Crippen LogP contribution in [0.4, 0.5) is 0 Å². The molecule has 0 amide bonds. The van der Waals surface area contributed by atoms with E-state index in [-0.39, 0.29) is 0 Å². The van der Waals surface area contributed by atoms with Gasteiger partial charge in [-0.1, -0.05) is 58.8 Å². The van der Waals surface area contributed by atoms with Crippen molar-refractivity contribution in [2.24, 2.45) is 0 Å². The van der Waals surface area contributed by atoms with Gasteiger partial charge < -0.3 is 4.74 Å². The lowest BCUT2D eigenvalue weighted by Crippen LogP contribution is -1.86. The average Bonchev–Trinajstić information content (AvgIpc) is 2.31. The van der Waals surface area contributed by atoms with E-state index in [2.05, 4.69) is 19.9 Å². The maximum absolute atomic E-state index is 5.40. The number of rotatable bonds is 12. The van der Waals surface area contributed by atoms with Crippen LogP contribution in [0.25, 0.3) is 0 Å². The van der Waals surface area contributed by atoms with Crippen LogP contribution in [0.3, 0.4) is 0 Å². The molecule has 0 spiro atoms. The van der Waals surface area contributed by atoms with Gasteiger partial charge in [0.15, 0.2) is 0 Å². The molecular formula is C15H30O. The van der Waals surface area contributed by atoms with Crippen LogP contribution in [0, 0.1) is 0 Å². The fraction of sp³-hybridized carbons (Fsp3) is 0.867. The quantitative estimate of drug-likeness (QED) is 0.317. The lowest BCUT2D eigenvalue weighted by Gasteiger charge is -1.99. The van der Waals surface area contributed by atoms with Crippen molar-refractivity contribution in [3.8, 4) is 0 Å². The predicted molar refractivity (Wildman–Crippen MR) is 72.6 cm³/mol. The number of unbranched alkanes of at least 4 members (excludes halogenated alkanes) is 8. The number of allylic oxidation sites excluding steroid dienone is 1. The van der Waals surface area contributed by atoms with E-state index in [4.69, 9.17) is 4.74 Å². The van der Waals surface area contributed by atoms with Crippen molar-refractivity contribution < 1.29 is 4.74 Å². The smallest absolute Gasteiger partial charge is 0.0873 e. The molecular weight excluding hydrogens is 196 g/mol. The molecule has 0 aromatic carbocycles. The summed E-state index contributed by atoms with van der Waals surface area (Å²) in [4.78, 5) is 0. The second kappa shape index (κ2) is 14.5. The molecule has 1 nitrogen and oxygen atoms in total. The first kappa shape index (κ1) is 15.5. The minimum atomic E-state index is 0.890. The zero-order valence-electron chi connectivity index (χ0n) is 11.3. The molecule has 0 heterocycles. The van der Waals surface area contributed by atoms with Crippen molar-refractivity contribution in [2.75, 3.05) is 6.61 Å². The van der Waals surface area contributed by atoms with Crippen LogP contribution in [0.1, 0.15) is 78.1 Å². The number of hydrogen-bond donors (Lipinski definition) is 0. The maximum Gasteiger partial charge on any atom is 0.0873 e. The average molecular weight is 226 g/mol. The minimum Gasteiger partial charge on any atom is -0.502 e. The molecule has 0 saturated heterocycles. The Morgan fingerprint density at radius 1 is 0.750 bits per heavy atom. The molecule has 0 radical (unpaired) electrons. The van der Waals surface area contributed by atoms with E-state index in [1.165, 1.54) is 64.2 Å². The summed E-state index contributed by atoms with van der Waals surface area (Å²) in [5.74, 6) is 0. The molecule has 0 bridgehead atoms. The highest BCUT2D eigenvalue weighted by atomic mass is 16.5. The highest BCUT2D eigenvalue weighted by Gasteiger charge is 1.88. The van der Waals surface area contributed by atoms with E-state index in [0.29, 0.717) is 0 Å². The Bertz CT molecular complexity index is 140. The van der Waals surface area contributed by atoms with Crippen molar-refractivity contribution in [3.63, 3.8) is 0 Å². The Morgan fingerprint density at radius 2 is 1.38 bits per heavy atom. The van der Waals surface area contributed by atoms with Gasteiger partial charge in [0.05, 0.1) is 12.9 Å². The normalized spacial score (nSPS) is 11.1. The second-order valence-corrected chi connectivity index (χ2v) is 4.51. The van der Waals surface area contributed by atoms with Gasteiger partial charge >= 0.3 is 0 Å². The van der Waals surface area contributed by atoms with Crippen LogP contribution >= 0.6 is 0 Å². The zero-order valence-corrected chi connectivity index (χ0v) is 11.3. The molecule has 0 aromatic heterocycles. The fourth-order valence-electron chi connectivity index (χ4n) is 1.68. The second-order valence-electron chi connectivity index (χ2n) is 4.51. The van der Waals surface area contributed by atoms with Crippen LogP contribution in [0.5, 0.6) is 0 Å². The van der Waals surface area contributed by atoms with Gasteiger partial charge in [-0.15, -0.1) is 0 Å². The molecule has 96 valence electrons. The summed E-state index contributed by atoms with van der Waals surface area (Å²) in [5.41, 5.74) is 0. The topological polar surface area (TPSA) is 9.23 Å². The lowest BCUT2D eigenvalue weighted by molar-refractivity contribution is 0.240. The van der Waals surface area contributed by atoms with Gasteiger partial charge in [-0.2, -0.15) is 0 Å². The van der Waals surface area contributed by atoms with E-state index in [1.807, 2.05) is 6.26 Å². The Balaban J connectivity index is 2.98. The molecule has 0 aromatic rings. The summed E-state index contributed by atoms with van der Waals surface area (Å²) in [7, 11) is 0. The minimum absolute atomic E-state index is 0.890. The van der Waals surface area contributed by atoms with E-state index in [0.717, 1.165) is 6.61 Å². The molecule has 0 aliphatic rings. The van der Waals surface area contributed by atoms with Crippen molar-refractivity contribution in [1.82, 2.24) is 0 Å². The number of ether oxygens (including phenoxy) is 1. The molecule has 0 saturated carbocycles. The van der Waals surface area contributed by atoms with Crippen LogP contribution in [0.2, 0.25) is 0 Å². The highest BCUT2D eigenvalue weighted by molar-refractivity contribution is 4.73. The van der Waals surface area contributed by atoms with E-state index in [1.54, 1.807) is 0 Å². The Kier molecular flexibility index (Phi) is 14.1. The van der Waals surface area contributed by atoms with Crippen LogP contribution in [-0.4, -0.2) is 6.61 Å². The van der Waals surface area contributed by atoms with Crippen LogP contribution < -0.4 is 0 Å². The van der Waals surface area contributed by atoms with Gasteiger partial charge in [0.2, 0.25) is 0 Å². The molecule has 0 fully saturated rings. The monoisotopic (exact) mass is 226 g/mol. The van der Waals surface area contributed by atoms with Gasteiger partial charge in [-0.25, -0.2) is 0 Å². The molecule has 0 aliphatic heterocycles. The van der Waals surface area contributed by atoms with Gasteiger partial charge in [-0.05, 0) is 25.3 Å². The van der Waals surface area contributed by atoms with Gasteiger partial charge in [0.1, 0.15) is 0 Å².